The van der Waals surface area contributed by atoms with Crippen molar-refractivity contribution in [1.29, 1.82) is 0 Å². The molecule has 0 aromatic rings. The maximum atomic E-state index is 11.9. The number of carbonyl (C=O) groups excluding carboxylic acids is 1. The molecule has 2 nitrogen and oxygen atoms in total. The van der Waals surface area contributed by atoms with Gasteiger partial charge in [-0.1, -0.05) is 25.2 Å². The van der Waals surface area contributed by atoms with Crippen LogP contribution in [0.4, 0.5) is 0 Å². The van der Waals surface area contributed by atoms with Crippen LogP contribution in [0.1, 0.15) is 46.5 Å². The summed E-state index contributed by atoms with van der Waals surface area (Å²) in [5, 5.41) is 0. The SMILES string of the molecule is C.CC1=CC=C2CCC(=O)N3CCCC(=C23)C1. The lowest BCUT2D eigenvalue weighted by Gasteiger charge is -2.36. The third-order valence-electron chi connectivity index (χ3n) is 3.74. The van der Waals surface area contributed by atoms with Crippen LogP contribution >= 0.6 is 0 Å². The predicted molar refractivity (Wildman–Crippen MR) is 70.4 cm³/mol. The Kier molecular flexibility index (Phi) is 3.23. The average Bonchev–Trinajstić information content (AvgIpc) is 2.44. The quantitative estimate of drug-likeness (QED) is 0.624. The molecule has 1 fully saturated rings. The van der Waals surface area contributed by atoms with Crippen LogP contribution in [0.2, 0.25) is 0 Å². The molecule has 0 bridgehead atoms. The molecule has 3 rings (SSSR count). The summed E-state index contributed by atoms with van der Waals surface area (Å²) in [6.07, 6.45) is 9.42. The number of amides is 1. The first-order chi connectivity index (χ1) is 7.75. The summed E-state index contributed by atoms with van der Waals surface area (Å²) in [5.41, 5.74) is 5.55. The number of allylic oxidation sites excluding steroid dienone is 5. The molecule has 1 saturated heterocycles. The van der Waals surface area contributed by atoms with Crippen LogP contribution in [0.3, 0.4) is 0 Å². The third kappa shape index (κ3) is 1.97. The Hall–Kier alpha value is -1.31. The number of nitrogens with zero attached hydrogens (tertiary/aromatic N) is 1. The number of hydrogen-bond acceptors (Lipinski definition) is 1. The first-order valence-electron chi connectivity index (χ1n) is 6.15. The highest BCUT2D eigenvalue weighted by molar-refractivity contribution is 5.82. The lowest BCUT2D eigenvalue weighted by Crippen LogP contribution is -2.38. The number of rotatable bonds is 0. The summed E-state index contributed by atoms with van der Waals surface area (Å²) in [6.45, 7) is 3.11. The normalized spacial score (nSPS) is 23.4. The fourth-order valence-electron chi connectivity index (χ4n) is 2.99. The van der Waals surface area contributed by atoms with Crippen molar-refractivity contribution in [2.24, 2.45) is 0 Å². The van der Waals surface area contributed by atoms with E-state index in [1.807, 2.05) is 4.90 Å². The van der Waals surface area contributed by atoms with Gasteiger partial charge in [0.2, 0.25) is 5.91 Å². The van der Waals surface area contributed by atoms with Gasteiger partial charge >= 0.3 is 0 Å². The summed E-state index contributed by atoms with van der Waals surface area (Å²) in [6, 6.07) is 0. The molecule has 1 aliphatic carbocycles. The molecule has 0 spiro atoms. The third-order valence-corrected chi connectivity index (χ3v) is 3.74. The van der Waals surface area contributed by atoms with Crippen LogP contribution in [-0.4, -0.2) is 17.4 Å². The average molecular weight is 231 g/mol. The zero-order valence-corrected chi connectivity index (χ0v) is 9.75. The van der Waals surface area contributed by atoms with Crippen LogP contribution in [0.15, 0.2) is 34.6 Å². The summed E-state index contributed by atoms with van der Waals surface area (Å²) in [7, 11) is 0. The molecule has 3 aliphatic rings. The van der Waals surface area contributed by atoms with E-state index in [9.17, 15) is 4.79 Å². The second-order valence-corrected chi connectivity index (χ2v) is 4.98. The van der Waals surface area contributed by atoms with Gasteiger partial charge in [0.15, 0.2) is 0 Å². The molecule has 0 N–H and O–H groups in total. The maximum Gasteiger partial charge on any atom is 0.227 e. The number of hydrogen-bond donors (Lipinski definition) is 0. The largest absolute Gasteiger partial charge is 0.312 e. The molecule has 0 atom stereocenters. The first-order valence-corrected chi connectivity index (χ1v) is 6.15. The van der Waals surface area contributed by atoms with Crippen molar-refractivity contribution in [1.82, 2.24) is 4.90 Å². The van der Waals surface area contributed by atoms with Crippen molar-refractivity contribution in [3.05, 3.63) is 34.6 Å². The minimum absolute atomic E-state index is 0. The summed E-state index contributed by atoms with van der Waals surface area (Å²) >= 11 is 0. The highest BCUT2D eigenvalue weighted by Crippen LogP contribution is 2.38. The van der Waals surface area contributed by atoms with Crippen LogP contribution in [0.25, 0.3) is 0 Å². The van der Waals surface area contributed by atoms with E-state index in [1.165, 1.54) is 28.8 Å². The Balaban J connectivity index is 0.00000108. The minimum Gasteiger partial charge on any atom is -0.312 e. The van der Waals surface area contributed by atoms with E-state index in [2.05, 4.69) is 19.1 Å². The number of piperidine rings is 1. The van der Waals surface area contributed by atoms with Gasteiger partial charge in [0.1, 0.15) is 0 Å². The molecule has 0 unspecified atom stereocenters. The van der Waals surface area contributed by atoms with Gasteiger partial charge < -0.3 is 4.90 Å². The van der Waals surface area contributed by atoms with E-state index in [0.29, 0.717) is 12.3 Å². The first kappa shape index (κ1) is 12.2. The van der Waals surface area contributed by atoms with E-state index < -0.39 is 0 Å². The van der Waals surface area contributed by atoms with E-state index in [0.717, 1.165) is 25.8 Å². The van der Waals surface area contributed by atoms with Crippen molar-refractivity contribution in [2.45, 2.75) is 46.5 Å². The fourth-order valence-corrected chi connectivity index (χ4v) is 2.99. The predicted octanol–water partition coefficient (Wildman–Crippen LogP) is 3.57. The molecule has 2 aliphatic heterocycles. The van der Waals surface area contributed by atoms with E-state index in [4.69, 9.17) is 0 Å². The maximum absolute atomic E-state index is 11.9. The monoisotopic (exact) mass is 231 g/mol. The Morgan fingerprint density at radius 3 is 2.82 bits per heavy atom. The van der Waals surface area contributed by atoms with Gasteiger partial charge in [-0.05, 0) is 43.8 Å². The molecule has 2 heteroatoms. The van der Waals surface area contributed by atoms with Crippen molar-refractivity contribution in [3.63, 3.8) is 0 Å². The van der Waals surface area contributed by atoms with Crippen LogP contribution in [-0.2, 0) is 4.79 Å². The van der Waals surface area contributed by atoms with E-state index in [1.54, 1.807) is 0 Å². The van der Waals surface area contributed by atoms with Crippen LogP contribution < -0.4 is 0 Å². The lowest BCUT2D eigenvalue weighted by molar-refractivity contribution is -0.130. The van der Waals surface area contributed by atoms with Gasteiger partial charge in [-0.15, -0.1) is 0 Å². The highest BCUT2D eigenvalue weighted by atomic mass is 16.2. The Labute approximate surface area is 104 Å². The van der Waals surface area contributed by atoms with Crippen LogP contribution in [0, 0.1) is 0 Å². The minimum atomic E-state index is 0. The second-order valence-electron chi connectivity index (χ2n) is 4.98. The molecule has 1 amide bonds. The van der Waals surface area contributed by atoms with Gasteiger partial charge in [0, 0.05) is 18.7 Å². The van der Waals surface area contributed by atoms with Gasteiger partial charge in [-0.25, -0.2) is 0 Å². The Morgan fingerprint density at radius 2 is 2.00 bits per heavy atom. The van der Waals surface area contributed by atoms with Gasteiger partial charge in [0.25, 0.3) is 0 Å². The highest BCUT2D eigenvalue weighted by Gasteiger charge is 2.31. The van der Waals surface area contributed by atoms with Crippen molar-refractivity contribution >= 4 is 5.91 Å². The summed E-state index contributed by atoms with van der Waals surface area (Å²) < 4.78 is 0. The molecule has 0 saturated carbocycles. The molecular weight excluding hydrogens is 210 g/mol. The van der Waals surface area contributed by atoms with E-state index >= 15 is 0 Å². The summed E-state index contributed by atoms with van der Waals surface area (Å²) in [5.74, 6) is 0.323. The molecule has 0 aromatic carbocycles. The van der Waals surface area contributed by atoms with Crippen molar-refractivity contribution in [3.8, 4) is 0 Å². The second kappa shape index (κ2) is 4.52. The molecular formula is C15H21NO. The van der Waals surface area contributed by atoms with E-state index in [-0.39, 0.29) is 7.43 Å². The topological polar surface area (TPSA) is 20.3 Å². The molecule has 92 valence electrons. The fraction of sp³-hybridized carbons (Fsp3) is 0.533. The van der Waals surface area contributed by atoms with Crippen molar-refractivity contribution in [2.75, 3.05) is 6.54 Å². The molecule has 0 radical (unpaired) electrons. The zero-order valence-electron chi connectivity index (χ0n) is 9.75. The van der Waals surface area contributed by atoms with Gasteiger partial charge in [-0.3, -0.25) is 4.79 Å². The van der Waals surface area contributed by atoms with Crippen LogP contribution in [0.5, 0.6) is 0 Å². The van der Waals surface area contributed by atoms with Gasteiger partial charge in [0.05, 0.1) is 0 Å². The smallest absolute Gasteiger partial charge is 0.227 e. The van der Waals surface area contributed by atoms with Crippen molar-refractivity contribution < 1.29 is 4.79 Å². The standard InChI is InChI=1S/C14H17NO.CH4/c1-10-4-5-11-6-7-13(16)15-8-2-3-12(9-10)14(11)15;/h4-5H,2-3,6-9H2,1H3;1H4. The Bertz CT molecular complexity index is 440. The van der Waals surface area contributed by atoms with Gasteiger partial charge in [-0.2, -0.15) is 0 Å². The molecule has 0 aromatic heterocycles. The molecule has 2 heterocycles. The summed E-state index contributed by atoms with van der Waals surface area (Å²) in [4.78, 5) is 13.9. The number of carbonyl (C=O) groups is 1. The lowest BCUT2D eigenvalue weighted by atomic mass is 9.89. The zero-order chi connectivity index (χ0) is 11.1. The molecule has 17 heavy (non-hydrogen) atoms. The Morgan fingerprint density at radius 1 is 1.18 bits per heavy atom.